The Morgan fingerprint density at radius 1 is 1.33 bits per heavy atom. The number of anilines is 1. The fourth-order valence-corrected chi connectivity index (χ4v) is 3.38. The van der Waals surface area contributed by atoms with Crippen LogP contribution in [0, 0.1) is 0 Å². The highest BCUT2D eigenvalue weighted by atomic mass is 32.2. The van der Waals surface area contributed by atoms with Crippen LogP contribution in [0.5, 0.6) is 0 Å². The molecule has 0 spiro atoms. The molecule has 1 fully saturated rings. The molecule has 1 aromatic carbocycles. The van der Waals surface area contributed by atoms with E-state index in [-0.39, 0.29) is 11.3 Å². The second kappa shape index (κ2) is 6.84. The summed E-state index contributed by atoms with van der Waals surface area (Å²) in [6, 6.07) is 8.64. The van der Waals surface area contributed by atoms with Gasteiger partial charge in [0.1, 0.15) is 0 Å². The Morgan fingerprint density at radius 2 is 2.00 bits per heavy atom. The number of benzene rings is 1. The summed E-state index contributed by atoms with van der Waals surface area (Å²) >= 11 is 1.92. The molecule has 1 aliphatic rings. The largest absolute Gasteiger partial charge is 0.315 e. The minimum atomic E-state index is 0.143. The number of nitrogens with zero attached hydrogens (tertiary/aromatic N) is 1. The van der Waals surface area contributed by atoms with Gasteiger partial charge in [-0.1, -0.05) is 32.9 Å². The molecule has 2 rings (SSSR count). The molecule has 1 heterocycles. The first-order valence-electron chi connectivity index (χ1n) is 7.56. The third kappa shape index (κ3) is 4.48. The van der Waals surface area contributed by atoms with Crippen LogP contribution >= 0.6 is 11.8 Å². The average Bonchev–Trinajstić information content (AvgIpc) is 2.46. The van der Waals surface area contributed by atoms with Crippen LogP contribution in [0.4, 0.5) is 5.69 Å². The molecule has 4 heteroatoms. The Balaban J connectivity index is 1.98. The number of hydrogen-bond donors (Lipinski definition) is 1. The monoisotopic (exact) mass is 306 g/mol. The summed E-state index contributed by atoms with van der Waals surface area (Å²) in [6.07, 6.45) is 0.574. The molecular weight excluding hydrogens is 280 g/mol. The molecule has 1 saturated heterocycles. The van der Waals surface area contributed by atoms with Crippen molar-refractivity contribution < 1.29 is 4.79 Å². The van der Waals surface area contributed by atoms with Gasteiger partial charge in [0.25, 0.3) is 0 Å². The number of nitrogens with one attached hydrogen (secondary N) is 1. The Labute approximate surface area is 132 Å². The van der Waals surface area contributed by atoms with Crippen molar-refractivity contribution in [1.82, 2.24) is 5.32 Å². The Hall–Kier alpha value is -1.00. The maximum absolute atomic E-state index is 12.4. The Morgan fingerprint density at radius 3 is 2.52 bits per heavy atom. The number of carbonyl (C=O) groups is 1. The van der Waals surface area contributed by atoms with Gasteiger partial charge in [-0.15, -0.1) is 0 Å². The van der Waals surface area contributed by atoms with E-state index in [1.54, 1.807) is 4.90 Å². The van der Waals surface area contributed by atoms with Crippen molar-refractivity contribution in [1.29, 1.82) is 0 Å². The third-order valence-corrected chi connectivity index (χ3v) is 5.05. The van der Waals surface area contributed by atoms with Gasteiger partial charge in [-0.3, -0.25) is 4.79 Å². The molecule has 3 nitrogen and oxygen atoms in total. The van der Waals surface area contributed by atoms with Gasteiger partial charge in [0.2, 0.25) is 5.91 Å². The van der Waals surface area contributed by atoms with Gasteiger partial charge in [-0.25, -0.2) is 0 Å². The van der Waals surface area contributed by atoms with Gasteiger partial charge in [0.05, 0.1) is 0 Å². The van der Waals surface area contributed by atoms with Crippen LogP contribution in [-0.4, -0.2) is 37.0 Å². The highest BCUT2D eigenvalue weighted by Crippen LogP contribution is 2.25. The first-order chi connectivity index (χ1) is 9.88. The van der Waals surface area contributed by atoms with E-state index < -0.39 is 0 Å². The molecular formula is C17H26N2OS. The van der Waals surface area contributed by atoms with Gasteiger partial charge in [0, 0.05) is 43.2 Å². The van der Waals surface area contributed by atoms with Crippen LogP contribution in [0.15, 0.2) is 24.3 Å². The molecule has 21 heavy (non-hydrogen) atoms. The lowest BCUT2D eigenvalue weighted by molar-refractivity contribution is -0.118. The van der Waals surface area contributed by atoms with Crippen molar-refractivity contribution in [2.24, 2.45) is 0 Å². The standard InChI is InChI=1S/C17H26N2OS/c1-17(2,3)13-5-7-15(8-6-13)19(4)16(20)11-14-12-21-10-9-18-14/h5-8,14,18H,9-12H2,1-4H3. The molecule has 1 unspecified atom stereocenters. The van der Waals surface area contributed by atoms with E-state index in [4.69, 9.17) is 0 Å². The SMILES string of the molecule is CN(C(=O)CC1CSCCN1)c1ccc(C(C)(C)C)cc1. The molecule has 1 N–H and O–H groups in total. The quantitative estimate of drug-likeness (QED) is 0.931. The van der Waals surface area contributed by atoms with Crippen LogP contribution < -0.4 is 10.2 Å². The van der Waals surface area contributed by atoms with Gasteiger partial charge in [-0.2, -0.15) is 11.8 Å². The lowest BCUT2D eigenvalue weighted by Crippen LogP contribution is -2.41. The normalized spacial score (nSPS) is 19.3. The average molecular weight is 306 g/mol. The smallest absolute Gasteiger partial charge is 0.228 e. The zero-order chi connectivity index (χ0) is 15.5. The van der Waals surface area contributed by atoms with Gasteiger partial charge >= 0.3 is 0 Å². The minimum absolute atomic E-state index is 0.143. The molecule has 0 aromatic heterocycles. The van der Waals surface area contributed by atoms with Crippen molar-refractivity contribution in [3.63, 3.8) is 0 Å². The summed E-state index contributed by atoms with van der Waals surface area (Å²) in [5.74, 6) is 2.36. The number of hydrogen-bond acceptors (Lipinski definition) is 3. The molecule has 0 saturated carbocycles. The maximum Gasteiger partial charge on any atom is 0.228 e. The van der Waals surface area contributed by atoms with E-state index in [0.717, 1.165) is 23.7 Å². The van der Waals surface area contributed by atoms with Crippen LogP contribution in [0.25, 0.3) is 0 Å². The van der Waals surface area contributed by atoms with E-state index in [9.17, 15) is 4.79 Å². The topological polar surface area (TPSA) is 32.3 Å². The highest BCUT2D eigenvalue weighted by molar-refractivity contribution is 7.99. The van der Waals surface area contributed by atoms with E-state index in [2.05, 4.69) is 38.2 Å². The molecule has 116 valence electrons. The summed E-state index contributed by atoms with van der Waals surface area (Å²) in [5.41, 5.74) is 2.40. The zero-order valence-corrected chi connectivity index (χ0v) is 14.3. The number of thioether (sulfide) groups is 1. The van der Waals surface area contributed by atoms with Crippen LogP contribution in [-0.2, 0) is 10.2 Å². The highest BCUT2D eigenvalue weighted by Gasteiger charge is 2.20. The lowest BCUT2D eigenvalue weighted by atomic mass is 9.87. The Kier molecular flexibility index (Phi) is 5.33. The molecule has 1 amide bonds. The van der Waals surface area contributed by atoms with Crippen molar-refractivity contribution in [2.75, 3.05) is 30.0 Å². The van der Waals surface area contributed by atoms with E-state index >= 15 is 0 Å². The molecule has 1 atom stereocenters. The maximum atomic E-state index is 12.4. The predicted molar refractivity (Wildman–Crippen MR) is 92.3 cm³/mol. The van der Waals surface area contributed by atoms with Crippen molar-refractivity contribution in [3.8, 4) is 0 Å². The van der Waals surface area contributed by atoms with E-state index in [0.29, 0.717) is 12.5 Å². The Bertz CT molecular complexity index is 473. The summed E-state index contributed by atoms with van der Waals surface area (Å²) < 4.78 is 0. The second-order valence-corrected chi connectivity index (χ2v) is 7.83. The molecule has 1 aliphatic heterocycles. The summed E-state index contributed by atoms with van der Waals surface area (Å²) in [7, 11) is 1.87. The molecule has 1 aromatic rings. The fourth-order valence-electron chi connectivity index (χ4n) is 2.43. The summed E-state index contributed by atoms with van der Waals surface area (Å²) in [6.45, 7) is 7.60. The summed E-state index contributed by atoms with van der Waals surface area (Å²) in [5, 5.41) is 3.42. The second-order valence-electron chi connectivity index (χ2n) is 6.68. The fraction of sp³-hybridized carbons (Fsp3) is 0.588. The van der Waals surface area contributed by atoms with E-state index in [1.807, 2.05) is 30.9 Å². The molecule has 0 aliphatic carbocycles. The van der Waals surface area contributed by atoms with Crippen LogP contribution in [0.1, 0.15) is 32.8 Å². The van der Waals surface area contributed by atoms with Crippen LogP contribution in [0.3, 0.4) is 0 Å². The number of carbonyl (C=O) groups excluding carboxylic acids is 1. The van der Waals surface area contributed by atoms with Crippen LogP contribution in [0.2, 0.25) is 0 Å². The first kappa shape index (κ1) is 16.4. The van der Waals surface area contributed by atoms with E-state index in [1.165, 1.54) is 5.56 Å². The van der Waals surface area contributed by atoms with Gasteiger partial charge < -0.3 is 10.2 Å². The summed E-state index contributed by atoms with van der Waals surface area (Å²) in [4.78, 5) is 14.1. The van der Waals surface area contributed by atoms with Crippen molar-refractivity contribution in [2.45, 2.75) is 38.6 Å². The van der Waals surface area contributed by atoms with Crippen molar-refractivity contribution in [3.05, 3.63) is 29.8 Å². The zero-order valence-electron chi connectivity index (χ0n) is 13.5. The third-order valence-electron chi connectivity index (χ3n) is 3.91. The molecule has 0 bridgehead atoms. The lowest BCUT2D eigenvalue weighted by Gasteiger charge is -2.26. The van der Waals surface area contributed by atoms with Crippen molar-refractivity contribution >= 4 is 23.4 Å². The first-order valence-corrected chi connectivity index (χ1v) is 8.71. The number of rotatable bonds is 3. The minimum Gasteiger partial charge on any atom is -0.315 e. The van der Waals surface area contributed by atoms with Gasteiger partial charge in [-0.05, 0) is 23.1 Å². The molecule has 0 radical (unpaired) electrons. The van der Waals surface area contributed by atoms with Gasteiger partial charge in [0.15, 0.2) is 0 Å². The predicted octanol–water partition coefficient (Wildman–Crippen LogP) is 3.04. The number of amides is 1.